The number of amides is 1. The lowest BCUT2D eigenvalue weighted by atomic mass is 10.2. The van der Waals surface area contributed by atoms with E-state index in [1.807, 2.05) is 13.8 Å². The van der Waals surface area contributed by atoms with Crippen LogP contribution < -0.4 is 24.0 Å². The summed E-state index contributed by atoms with van der Waals surface area (Å²) in [6.45, 7) is 7.69. The molecule has 0 fully saturated rings. The van der Waals surface area contributed by atoms with Gasteiger partial charge < -0.3 is 24.6 Å². The van der Waals surface area contributed by atoms with Crippen molar-refractivity contribution >= 4 is 45.2 Å². The van der Waals surface area contributed by atoms with E-state index >= 15 is 0 Å². The number of halogens is 2. The number of ether oxygens (including phenoxy) is 2. The van der Waals surface area contributed by atoms with Gasteiger partial charge in [-0.25, -0.2) is 27.0 Å². The summed E-state index contributed by atoms with van der Waals surface area (Å²) in [7, 11) is -1.70. The Hall–Kier alpha value is -4.53. The van der Waals surface area contributed by atoms with Crippen molar-refractivity contribution in [1.82, 2.24) is 14.9 Å². The normalized spacial score (nSPS) is 11.1. The molecule has 0 bridgehead atoms. The van der Waals surface area contributed by atoms with Crippen molar-refractivity contribution in [3.63, 3.8) is 0 Å². The third kappa shape index (κ3) is 7.28. The SMILES string of the molecule is CCC(=O)Oc1c(Nc2nc(N(CC)CC)ncc2N(CC)S(=O)(=O)c2cccc(F)c2F)cccc1OC(=O)N(C)C. The number of sulfonamides is 1. The number of hydrogen-bond acceptors (Lipinski definition) is 10. The smallest absolute Gasteiger partial charge is 0.414 e. The molecule has 0 atom stereocenters. The van der Waals surface area contributed by atoms with Gasteiger partial charge in [-0.3, -0.25) is 9.10 Å². The summed E-state index contributed by atoms with van der Waals surface area (Å²) >= 11 is 0. The van der Waals surface area contributed by atoms with Gasteiger partial charge in [0.25, 0.3) is 10.0 Å². The molecule has 0 spiro atoms. The molecule has 0 aliphatic carbocycles. The number of hydrogen-bond donors (Lipinski definition) is 1. The molecule has 1 amide bonds. The zero-order chi connectivity index (χ0) is 31.9. The fraction of sp³-hybridized carbons (Fsp3) is 0.357. The van der Waals surface area contributed by atoms with Crippen molar-refractivity contribution < 1.29 is 36.3 Å². The maximum atomic E-state index is 14.7. The van der Waals surface area contributed by atoms with Gasteiger partial charge >= 0.3 is 12.1 Å². The Labute approximate surface area is 249 Å². The third-order valence-electron chi connectivity index (χ3n) is 6.14. The van der Waals surface area contributed by atoms with Gasteiger partial charge in [-0.15, -0.1) is 0 Å². The molecular weight excluding hydrogens is 586 g/mol. The van der Waals surface area contributed by atoms with E-state index in [0.717, 1.165) is 22.5 Å². The summed E-state index contributed by atoms with van der Waals surface area (Å²) < 4.78 is 67.8. The van der Waals surface area contributed by atoms with Crippen LogP contribution in [-0.4, -0.2) is 69.1 Å². The molecule has 43 heavy (non-hydrogen) atoms. The van der Waals surface area contributed by atoms with Crippen molar-refractivity contribution in [1.29, 1.82) is 0 Å². The van der Waals surface area contributed by atoms with Gasteiger partial charge in [0, 0.05) is 40.2 Å². The van der Waals surface area contributed by atoms with Gasteiger partial charge in [0.05, 0.1) is 11.9 Å². The number of benzene rings is 2. The van der Waals surface area contributed by atoms with Crippen LogP contribution in [0, 0.1) is 11.6 Å². The number of aromatic nitrogens is 2. The first-order valence-corrected chi connectivity index (χ1v) is 14.9. The number of carbonyl (C=O) groups is 2. The number of anilines is 4. The zero-order valence-corrected chi connectivity index (χ0v) is 25.5. The van der Waals surface area contributed by atoms with Crippen LogP contribution in [0.25, 0.3) is 0 Å². The fourth-order valence-electron chi connectivity index (χ4n) is 3.87. The van der Waals surface area contributed by atoms with E-state index in [1.54, 1.807) is 11.8 Å². The average Bonchev–Trinajstić information content (AvgIpc) is 2.97. The molecule has 0 unspecified atom stereocenters. The van der Waals surface area contributed by atoms with Crippen molar-refractivity contribution in [3.8, 4) is 11.5 Å². The van der Waals surface area contributed by atoms with Gasteiger partial charge in [-0.1, -0.05) is 19.1 Å². The second-order valence-corrected chi connectivity index (χ2v) is 11.0. The number of nitrogens with one attached hydrogen (secondary N) is 1. The standard InChI is InChI=1S/C28H34F2N6O6S/c1-7-23(37)42-25-19(14-12-15-21(25)41-28(38)34(5)6)32-26-20(17-31-27(33-26)35(8-2)9-3)36(10-4)43(39,40)22-16-11-13-18(29)24(22)30/h11-17H,7-10H2,1-6H3,(H,31,32,33). The van der Waals surface area contributed by atoms with Crippen molar-refractivity contribution in [2.75, 3.05) is 48.3 Å². The summed E-state index contributed by atoms with van der Waals surface area (Å²) in [6, 6.07) is 7.31. The first kappa shape index (κ1) is 33.0. The average molecular weight is 621 g/mol. The number of para-hydroxylation sites is 1. The highest BCUT2D eigenvalue weighted by Gasteiger charge is 2.31. The lowest BCUT2D eigenvalue weighted by Gasteiger charge is -2.27. The third-order valence-corrected chi connectivity index (χ3v) is 8.05. The first-order valence-electron chi connectivity index (χ1n) is 13.5. The van der Waals surface area contributed by atoms with E-state index in [-0.39, 0.29) is 47.6 Å². The van der Waals surface area contributed by atoms with Crippen LogP contribution in [0.15, 0.2) is 47.5 Å². The highest BCUT2D eigenvalue weighted by molar-refractivity contribution is 7.92. The number of nitrogens with zero attached hydrogens (tertiary/aromatic N) is 5. The Kier molecular flexibility index (Phi) is 10.8. The number of rotatable bonds is 12. The monoisotopic (exact) mass is 620 g/mol. The van der Waals surface area contributed by atoms with Crippen molar-refractivity contribution in [2.45, 2.75) is 39.0 Å². The van der Waals surface area contributed by atoms with Crippen LogP contribution in [0.4, 0.5) is 36.7 Å². The quantitative estimate of drug-likeness (QED) is 0.219. The minimum atomic E-state index is -4.66. The zero-order valence-electron chi connectivity index (χ0n) is 24.7. The Morgan fingerprint density at radius 3 is 2.23 bits per heavy atom. The van der Waals surface area contributed by atoms with E-state index < -0.39 is 38.6 Å². The lowest BCUT2D eigenvalue weighted by molar-refractivity contribution is -0.134. The minimum absolute atomic E-state index is 0.00131. The molecule has 3 rings (SSSR count). The van der Waals surface area contributed by atoms with E-state index in [0.29, 0.717) is 13.1 Å². The van der Waals surface area contributed by atoms with Crippen LogP contribution in [-0.2, 0) is 14.8 Å². The van der Waals surface area contributed by atoms with Gasteiger partial charge in [-0.05, 0) is 45.0 Å². The lowest BCUT2D eigenvalue weighted by Crippen LogP contribution is -2.33. The highest BCUT2D eigenvalue weighted by Crippen LogP contribution is 2.40. The van der Waals surface area contributed by atoms with Crippen LogP contribution in [0.1, 0.15) is 34.1 Å². The summed E-state index contributed by atoms with van der Waals surface area (Å²) in [5.74, 6) is -3.56. The summed E-state index contributed by atoms with van der Waals surface area (Å²) in [6.07, 6.45) is 0.508. The highest BCUT2D eigenvalue weighted by atomic mass is 32.2. The van der Waals surface area contributed by atoms with Gasteiger partial charge in [0.2, 0.25) is 5.95 Å². The molecule has 0 aliphatic heterocycles. The summed E-state index contributed by atoms with van der Waals surface area (Å²) in [5, 5.41) is 2.99. The van der Waals surface area contributed by atoms with Gasteiger partial charge in [0.15, 0.2) is 29.0 Å². The Morgan fingerprint density at radius 2 is 1.63 bits per heavy atom. The topological polar surface area (TPSA) is 134 Å². The Balaban J connectivity index is 2.25. The molecule has 15 heteroatoms. The predicted molar refractivity (Wildman–Crippen MR) is 158 cm³/mol. The molecule has 0 saturated carbocycles. The van der Waals surface area contributed by atoms with Gasteiger partial charge in [0.1, 0.15) is 10.6 Å². The number of esters is 1. The molecule has 3 aromatic rings. The number of carbonyl (C=O) groups excluding carboxylic acids is 2. The molecule has 2 aromatic carbocycles. The van der Waals surface area contributed by atoms with E-state index in [2.05, 4.69) is 15.3 Å². The van der Waals surface area contributed by atoms with Crippen LogP contribution in [0.5, 0.6) is 11.5 Å². The maximum absolute atomic E-state index is 14.7. The van der Waals surface area contributed by atoms with Crippen LogP contribution >= 0.6 is 0 Å². The van der Waals surface area contributed by atoms with E-state index in [1.165, 1.54) is 50.3 Å². The summed E-state index contributed by atoms with van der Waals surface area (Å²) in [4.78, 5) is 35.7. The Morgan fingerprint density at radius 1 is 0.953 bits per heavy atom. The molecule has 0 aliphatic rings. The van der Waals surface area contributed by atoms with Crippen molar-refractivity contribution in [2.24, 2.45) is 0 Å². The molecule has 232 valence electrons. The maximum Gasteiger partial charge on any atom is 0.414 e. The van der Waals surface area contributed by atoms with Crippen molar-refractivity contribution in [3.05, 3.63) is 54.2 Å². The minimum Gasteiger partial charge on any atom is -0.420 e. The molecule has 1 N–H and O–H groups in total. The fourth-order valence-corrected chi connectivity index (χ4v) is 5.41. The largest absolute Gasteiger partial charge is 0.420 e. The second-order valence-electron chi connectivity index (χ2n) is 9.15. The van der Waals surface area contributed by atoms with E-state index in [9.17, 15) is 26.8 Å². The predicted octanol–water partition coefficient (Wildman–Crippen LogP) is 4.94. The Bertz CT molecular complexity index is 1580. The van der Waals surface area contributed by atoms with E-state index in [4.69, 9.17) is 9.47 Å². The first-order chi connectivity index (χ1) is 20.4. The molecular formula is C28H34F2N6O6S. The molecule has 0 radical (unpaired) electrons. The van der Waals surface area contributed by atoms with Crippen LogP contribution in [0.2, 0.25) is 0 Å². The van der Waals surface area contributed by atoms with Crippen LogP contribution in [0.3, 0.4) is 0 Å². The molecule has 12 nitrogen and oxygen atoms in total. The second kappa shape index (κ2) is 14.1. The molecule has 1 aromatic heterocycles. The molecule has 0 saturated heterocycles. The summed E-state index contributed by atoms with van der Waals surface area (Å²) in [5.41, 5.74) is -0.00721. The van der Waals surface area contributed by atoms with Gasteiger partial charge in [-0.2, -0.15) is 4.98 Å². The molecule has 1 heterocycles.